The number of hydrogen-bond acceptors (Lipinski definition) is 4. The predicted octanol–water partition coefficient (Wildman–Crippen LogP) is 2.36. The second kappa shape index (κ2) is 8.94. The highest BCUT2D eigenvalue weighted by atomic mass is 19.1. The maximum absolute atomic E-state index is 14.9. The van der Waals surface area contributed by atoms with Gasteiger partial charge in [-0.25, -0.2) is 18.4 Å². The molecule has 2 fully saturated rings. The van der Waals surface area contributed by atoms with Crippen LogP contribution in [0.3, 0.4) is 0 Å². The van der Waals surface area contributed by atoms with Crippen LogP contribution in [0, 0.1) is 22.7 Å². The molecule has 0 aromatic heterocycles. The largest absolute Gasteiger partial charge is 0.480 e. The second-order valence-electron chi connectivity index (χ2n) is 10.7. The summed E-state index contributed by atoms with van der Waals surface area (Å²) in [5.74, 6) is -5.49. The molecule has 2 heterocycles. The molecule has 0 aromatic carbocycles. The van der Waals surface area contributed by atoms with E-state index in [4.69, 9.17) is 0 Å². The summed E-state index contributed by atoms with van der Waals surface area (Å²) in [5, 5.41) is 19.2. The van der Waals surface area contributed by atoms with Crippen molar-refractivity contribution in [1.29, 1.82) is 0 Å². The number of carboxylic acid groups (broad SMARTS) is 2. The average molecular weight is 461 g/mol. The molecule has 2 rings (SSSR count). The van der Waals surface area contributed by atoms with Crippen LogP contribution in [0.15, 0.2) is 0 Å². The van der Waals surface area contributed by atoms with E-state index in [0.29, 0.717) is 0 Å². The van der Waals surface area contributed by atoms with Gasteiger partial charge in [0, 0.05) is 22.7 Å². The smallest absolute Gasteiger partial charge is 0.326 e. The number of hydrogen-bond donors (Lipinski definition) is 2. The minimum Gasteiger partial charge on any atom is -0.480 e. The average Bonchev–Trinajstić information content (AvgIpc) is 3.14. The molecule has 10 heteroatoms. The summed E-state index contributed by atoms with van der Waals surface area (Å²) >= 11 is 0. The van der Waals surface area contributed by atoms with Gasteiger partial charge in [0.1, 0.15) is 24.4 Å². The van der Waals surface area contributed by atoms with Gasteiger partial charge in [-0.1, -0.05) is 41.5 Å². The maximum atomic E-state index is 14.9. The van der Waals surface area contributed by atoms with Crippen molar-refractivity contribution < 1.29 is 38.2 Å². The number of alkyl halides is 2. The molecule has 32 heavy (non-hydrogen) atoms. The van der Waals surface area contributed by atoms with Crippen LogP contribution in [-0.2, 0) is 19.2 Å². The number of carbonyl (C=O) groups is 4. The zero-order valence-electron chi connectivity index (χ0n) is 19.5. The van der Waals surface area contributed by atoms with Gasteiger partial charge < -0.3 is 20.0 Å². The number of amides is 2. The summed E-state index contributed by atoms with van der Waals surface area (Å²) < 4.78 is 29.0. The van der Waals surface area contributed by atoms with E-state index in [1.54, 1.807) is 34.6 Å². The third kappa shape index (κ3) is 4.88. The summed E-state index contributed by atoms with van der Waals surface area (Å²) in [7, 11) is 0. The number of likely N-dealkylation sites (tertiary alicyclic amines) is 2. The van der Waals surface area contributed by atoms with Crippen molar-refractivity contribution in [3.8, 4) is 0 Å². The summed E-state index contributed by atoms with van der Waals surface area (Å²) in [6.45, 7) is 8.77. The van der Waals surface area contributed by atoms with Crippen molar-refractivity contribution in [2.45, 2.75) is 78.8 Å². The van der Waals surface area contributed by atoms with E-state index in [-0.39, 0.29) is 25.9 Å². The normalized spacial score (nSPS) is 31.1. The Kier molecular flexibility index (Phi) is 7.26. The Morgan fingerprint density at radius 2 is 1.31 bits per heavy atom. The summed E-state index contributed by atoms with van der Waals surface area (Å²) in [6, 6.07) is -2.64. The lowest BCUT2D eigenvalue weighted by molar-refractivity contribution is -0.154. The molecule has 0 aliphatic carbocycles. The first-order chi connectivity index (χ1) is 14.5. The van der Waals surface area contributed by atoms with Crippen molar-refractivity contribution in [3.63, 3.8) is 0 Å². The molecule has 0 radical (unpaired) electrons. The van der Waals surface area contributed by atoms with E-state index in [2.05, 4.69) is 0 Å². The molecule has 0 spiro atoms. The second-order valence-corrected chi connectivity index (χ2v) is 10.7. The van der Waals surface area contributed by atoms with Gasteiger partial charge in [-0.2, -0.15) is 0 Å². The van der Waals surface area contributed by atoms with E-state index >= 15 is 0 Å². The van der Waals surface area contributed by atoms with Crippen LogP contribution in [-0.4, -0.2) is 81.3 Å². The van der Waals surface area contributed by atoms with Crippen molar-refractivity contribution in [2.75, 3.05) is 13.1 Å². The van der Waals surface area contributed by atoms with E-state index in [9.17, 15) is 38.2 Å². The van der Waals surface area contributed by atoms with Crippen LogP contribution in [0.4, 0.5) is 8.78 Å². The first-order valence-electron chi connectivity index (χ1n) is 10.9. The minimum atomic E-state index is -1.57. The molecule has 0 aromatic rings. The molecule has 2 aliphatic rings. The highest BCUT2D eigenvalue weighted by molar-refractivity contribution is 5.89. The van der Waals surface area contributed by atoms with Gasteiger partial charge in [-0.3, -0.25) is 9.59 Å². The predicted molar refractivity (Wildman–Crippen MR) is 111 cm³/mol. The third-order valence-electron chi connectivity index (χ3n) is 6.70. The Labute approximate surface area is 186 Å². The summed E-state index contributed by atoms with van der Waals surface area (Å²) in [6.07, 6.45) is -2.96. The summed E-state index contributed by atoms with van der Waals surface area (Å²) in [4.78, 5) is 51.3. The monoisotopic (exact) mass is 460 g/mol. The SMILES string of the molecule is C[C@@H]1[C@H](F)CN(C(=O)C(C)(C)CCC2[C@@H](C(=O)O)N(C(=O)C(C)(C)C)C[C@@H]2F)[C@@H]1C(=O)O. The fraction of sp³-hybridized carbons (Fsp3) is 0.818. The molecular weight excluding hydrogens is 426 g/mol. The van der Waals surface area contributed by atoms with Crippen LogP contribution in [0.1, 0.15) is 54.4 Å². The molecular formula is C22H34F2N2O6. The molecule has 2 N–H and O–H groups in total. The minimum absolute atomic E-state index is 0.00494. The van der Waals surface area contributed by atoms with Gasteiger partial charge in [-0.15, -0.1) is 0 Å². The molecule has 2 amide bonds. The fourth-order valence-electron chi connectivity index (χ4n) is 4.70. The Balaban J connectivity index is 2.18. The van der Waals surface area contributed by atoms with Crippen molar-refractivity contribution in [1.82, 2.24) is 9.80 Å². The number of rotatable bonds is 6. The Morgan fingerprint density at radius 3 is 1.78 bits per heavy atom. The quantitative estimate of drug-likeness (QED) is 0.629. The molecule has 1 unspecified atom stereocenters. The van der Waals surface area contributed by atoms with Gasteiger partial charge in [0.25, 0.3) is 0 Å². The Bertz CT molecular complexity index is 781. The lowest BCUT2D eigenvalue weighted by atomic mass is 9.80. The van der Waals surface area contributed by atoms with Gasteiger partial charge in [0.2, 0.25) is 11.8 Å². The zero-order chi connectivity index (χ0) is 24.8. The molecule has 6 atom stereocenters. The first-order valence-corrected chi connectivity index (χ1v) is 10.9. The van der Waals surface area contributed by atoms with Gasteiger partial charge >= 0.3 is 11.9 Å². The number of halogens is 2. The Morgan fingerprint density at radius 1 is 0.844 bits per heavy atom. The van der Waals surface area contributed by atoms with Crippen LogP contribution < -0.4 is 0 Å². The molecule has 2 saturated heterocycles. The van der Waals surface area contributed by atoms with Crippen molar-refractivity contribution >= 4 is 23.8 Å². The zero-order valence-corrected chi connectivity index (χ0v) is 19.5. The molecule has 8 nitrogen and oxygen atoms in total. The van der Waals surface area contributed by atoms with Crippen molar-refractivity contribution in [2.24, 2.45) is 22.7 Å². The number of nitrogens with zero attached hydrogens (tertiary/aromatic N) is 2. The van der Waals surface area contributed by atoms with Crippen LogP contribution >= 0.6 is 0 Å². The topological polar surface area (TPSA) is 115 Å². The van der Waals surface area contributed by atoms with E-state index in [1.165, 1.54) is 6.92 Å². The maximum Gasteiger partial charge on any atom is 0.326 e. The lowest BCUT2D eigenvalue weighted by Gasteiger charge is -2.34. The van der Waals surface area contributed by atoms with Gasteiger partial charge in [0.15, 0.2) is 0 Å². The molecule has 0 bridgehead atoms. The highest BCUT2D eigenvalue weighted by Gasteiger charge is 2.52. The fourth-order valence-corrected chi connectivity index (χ4v) is 4.70. The van der Waals surface area contributed by atoms with Gasteiger partial charge in [0.05, 0.1) is 13.1 Å². The standard InChI is InChI=1S/C22H34F2N2O6/c1-11-13(23)9-25(15(11)17(27)28)20(32)22(5,6)8-7-12-14(24)10-26(16(12)18(29)30)19(31)21(2,3)4/h11-16H,7-10H2,1-6H3,(H,27,28)(H,29,30)/t11-,12?,13-,14+,15+,16+/m1/s1. The van der Waals surface area contributed by atoms with Crippen LogP contribution in [0.2, 0.25) is 0 Å². The number of carbonyl (C=O) groups excluding carboxylic acids is 2. The number of carboxylic acids is 2. The van der Waals surface area contributed by atoms with Crippen molar-refractivity contribution in [3.05, 3.63) is 0 Å². The van der Waals surface area contributed by atoms with Crippen LogP contribution in [0.5, 0.6) is 0 Å². The van der Waals surface area contributed by atoms with Crippen LogP contribution in [0.25, 0.3) is 0 Å². The molecule has 182 valence electrons. The van der Waals surface area contributed by atoms with E-state index in [0.717, 1.165) is 9.80 Å². The summed E-state index contributed by atoms with van der Waals surface area (Å²) in [5.41, 5.74) is -2.04. The molecule has 0 saturated carbocycles. The van der Waals surface area contributed by atoms with E-state index < -0.39 is 70.8 Å². The first kappa shape index (κ1) is 26.0. The number of aliphatic carboxylic acids is 2. The molecule has 2 aliphatic heterocycles. The van der Waals surface area contributed by atoms with E-state index in [1.807, 2.05) is 0 Å². The lowest BCUT2D eigenvalue weighted by Crippen LogP contribution is -2.49. The highest BCUT2D eigenvalue weighted by Crippen LogP contribution is 2.39. The Hall–Kier alpha value is -2.26. The third-order valence-corrected chi connectivity index (χ3v) is 6.70. The van der Waals surface area contributed by atoms with Gasteiger partial charge in [-0.05, 0) is 12.8 Å².